The molecule has 0 saturated heterocycles. The van der Waals surface area contributed by atoms with Crippen molar-refractivity contribution < 1.29 is 12.8 Å². The van der Waals surface area contributed by atoms with Gasteiger partial charge in [-0.2, -0.15) is 0 Å². The molecule has 1 aromatic heterocycles. The van der Waals surface area contributed by atoms with Gasteiger partial charge in [-0.3, -0.25) is 0 Å². The number of nitrogens with two attached hydrogens (primary N) is 1. The number of sulfone groups is 1. The van der Waals surface area contributed by atoms with Gasteiger partial charge in [0.1, 0.15) is 11.3 Å². The van der Waals surface area contributed by atoms with Gasteiger partial charge in [-0.1, -0.05) is 12.1 Å². The van der Waals surface area contributed by atoms with Gasteiger partial charge in [-0.25, -0.2) is 13.4 Å². The highest BCUT2D eigenvalue weighted by atomic mass is 32.2. The lowest BCUT2D eigenvalue weighted by atomic mass is 10.2. The third kappa shape index (κ3) is 2.75. The van der Waals surface area contributed by atoms with Crippen LogP contribution in [-0.4, -0.2) is 13.4 Å². The topological polar surface area (TPSA) is 86.2 Å². The first-order valence-electron chi connectivity index (χ1n) is 6.38. The summed E-state index contributed by atoms with van der Waals surface area (Å²) >= 11 is 0. The summed E-state index contributed by atoms with van der Waals surface area (Å²) in [6.45, 7) is 1.85. The smallest absolute Gasteiger partial charge is 0.211 e. The van der Waals surface area contributed by atoms with Gasteiger partial charge in [-0.05, 0) is 42.8 Å². The predicted octanol–water partition coefficient (Wildman–Crippen LogP) is 2.69. The Morgan fingerprint density at radius 3 is 2.76 bits per heavy atom. The highest BCUT2D eigenvalue weighted by molar-refractivity contribution is 7.90. The van der Waals surface area contributed by atoms with E-state index in [0.717, 1.165) is 5.56 Å². The molecule has 21 heavy (non-hydrogen) atoms. The van der Waals surface area contributed by atoms with E-state index in [2.05, 4.69) is 4.98 Å². The van der Waals surface area contributed by atoms with E-state index in [1.165, 1.54) is 0 Å². The summed E-state index contributed by atoms with van der Waals surface area (Å²) in [4.78, 5) is 4.45. The minimum Gasteiger partial charge on any atom is -0.440 e. The summed E-state index contributed by atoms with van der Waals surface area (Å²) in [7, 11) is -3.48. The second-order valence-corrected chi connectivity index (χ2v) is 6.90. The number of hydrogen-bond donors (Lipinski definition) is 1. The van der Waals surface area contributed by atoms with Crippen molar-refractivity contribution in [3.8, 4) is 0 Å². The summed E-state index contributed by atoms with van der Waals surface area (Å²) in [5.41, 5.74) is 8.20. The average Bonchev–Trinajstić information content (AvgIpc) is 2.79. The number of benzene rings is 2. The number of nitrogens with zero attached hydrogens (tertiary/aromatic N) is 1. The van der Waals surface area contributed by atoms with E-state index in [0.29, 0.717) is 16.8 Å². The Labute approximate surface area is 122 Å². The average molecular weight is 302 g/mol. The monoisotopic (exact) mass is 302 g/mol. The molecule has 3 rings (SSSR count). The van der Waals surface area contributed by atoms with Gasteiger partial charge in [0.05, 0.1) is 4.90 Å². The molecular weight excluding hydrogens is 288 g/mol. The fraction of sp³-hybridized carbons (Fsp3) is 0.133. The summed E-state index contributed by atoms with van der Waals surface area (Å²) < 4.78 is 30.2. The summed E-state index contributed by atoms with van der Waals surface area (Å²) in [6.07, 6.45) is 0. The molecule has 0 saturated carbocycles. The Morgan fingerprint density at radius 1 is 1.19 bits per heavy atom. The Morgan fingerprint density at radius 2 is 2.00 bits per heavy atom. The van der Waals surface area contributed by atoms with Crippen LogP contribution in [0.2, 0.25) is 0 Å². The van der Waals surface area contributed by atoms with Crippen LogP contribution in [0.5, 0.6) is 0 Å². The molecule has 108 valence electrons. The number of anilines is 1. The predicted molar refractivity (Wildman–Crippen MR) is 80.5 cm³/mol. The van der Waals surface area contributed by atoms with Gasteiger partial charge in [0.25, 0.3) is 0 Å². The molecule has 3 aromatic rings. The van der Waals surface area contributed by atoms with Gasteiger partial charge in [0, 0.05) is 5.69 Å². The molecule has 6 heteroatoms. The number of aryl methyl sites for hydroxylation is 1. The molecule has 2 aromatic carbocycles. The van der Waals surface area contributed by atoms with Crippen molar-refractivity contribution in [3.05, 3.63) is 53.9 Å². The van der Waals surface area contributed by atoms with Crippen molar-refractivity contribution in [2.75, 3.05) is 5.73 Å². The second kappa shape index (κ2) is 4.89. The van der Waals surface area contributed by atoms with Crippen LogP contribution in [-0.2, 0) is 15.6 Å². The number of nitrogen functional groups attached to an aromatic ring is 1. The molecule has 0 aliphatic heterocycles. The first-order valence-corrected chi connectivity index (χ1v) is 8.04. The van der Waals surface area contributed by atoms with Crippen LogP contribution in [0.3, 0.4) is 0 Å². The van der Waals surface area contributed by atoms with Crippen molar-refractivity contribution in [1.82, 2.24) is 4.98 Å². The molecule has 0 fully saturated rings. The summed E-state index contributed by atoms with van der Waals surface area (Å²) in [5.74, 6) is -0.109. The van der Waals surface area contributed by atoms with E-state index < -0.39 is 9.84 Å². The molecule has 0 spiro atoms. The van der Waals surface area contributed by atoms with Crippen LogP contribution in [0.1, 0.15) is 11.5 Å². The van der Waals surface area contributed by atoms with Gasteiger partial charge in [0.2, 0.25) is 5.89 Å². The lowest BCUT2D eigenvalue weighted by Gasteiger charge is -2.02. The zero-order valence-electron chi connectivity index (χ0n) is 11.4. The number of rotatable bonds is 3. The van der Waals surface area contributed by atoms with Gasteiger partial charge in [0.15, 0.2) is 15.4 Å². The molecule has 1 heterocycles. The van der Waals surface area contributed by atoms with Gasteiger partial charge < -0.3 is 10.2 Å². The largest absolute Gasteiger partial charge is 0.440 e. The number of aromatic nitrogens is 1. The molecular formula is C15H14N2O3S. The van der Waals surface area contributed by atoms with Crippen molar-refractivity contribution in [2.45, 2.75) is 17.6 Å². The molecule has 0 amide bonds. The Balaban J connectivity index is 1.97. The van der Waals surface area contributed by atoms with Crippen LogP contribution >= 0.6 is 0 Å². The molecule has 0 aliphatic rings. The normalized spacial score (nSPS) is 11.9. The molecule has 0 bridgehead atoms. The molecule has 0 unspecified atom stereocenters. The summed E-state index contributed by atoms with van der Waals surface area (Å²) in [6, 6.07) is 11.8. The molecule has 2 N–H and O–H groups in total. The Kier molecular flexibility index (Phi) is 3.17. The third-order valence-corrected chi connectivity index (χ3v) is 4.72. The third-order valence-electron chi connectivity index (χ3n) is 3.12. The van der Waals surface area contributed by atoms with E-state index in [-0.39, 0.29) is 16.5 Å². The van der Waals surface area contributed by atoms with Crippen LogP contribution in [0.4, 0.5) is 5.69 Å². The first-order chi connectivity index (χ1) is 9.94. The Hall–Kier alpha value is -2.34. The van der Waals surface area contributed by atoms with Crippen LogP contribution in [0.15, 0.2) is 51.8 Å². The van der Waals surface area contributed by atoms with E-state index in [1.807, 2.05) is 13.0 Å². The van der Waals surface area contributed by atoms with Crippen molar-refractivity contribution in [2.24, 2.45) is 0 Å². The number of fused-ring (bicyclic) bond motifs is 1. The lowest BCUT2D eigenvalue weighted by Crippen LogP contribution is -2.05. The van der Waals surface area contributed by atoms with Crippen molar-refractivity contribution in [1.29, 1.82) is 0 Å². The minimum absolute atomic E-state index is 0.164. The van der Waals surface area contributed by atoms with Crippen molar-refractivity contribution in [3.63, 3.8) is 0 Å². The van der Waals surface area contributed by atoms with Gasteiger partial charge in [-0.15, -0.1) is 0 Å². The maximum Gasteiger partial charge on any atom is 0.211 e. The van der Waals surface area contributed by atoms with E-state index in [4.69, 9.17) is 10.2 Å². The fourth-order valence-corrected chi connectivity index (χ4v) is 3.38. The lowest BCUT2D eigenvalue weighted by molar-refractivity contribution is 0.540. The van der Waals surface area contributed by atoms with Gasteiger partial charge >= 0.3 is 0 Å². The number of hydrogen-bond acceptors (Lipinski definition) is 5. The molecule has 0 radical (unpaired) electrons. The zero-order valence-corrected chi connectivity index (χ0v) is 12.2. The quantitative estimate of drug-likeness (QED) is 0.752. The van der Waals surface area contributed by atoms with E-state index >= 15 is 0 Å². The maximum atomic E-state index is 12.4. The summed E-state index contributed by atoms with van der Waals surface area (Å²) in [5, 5.41) is 0. The van der Waals surface area contributed by atoms with E-state index in [9.17, 15) is 8.42 Å². The SMILES string of the molecule is Cc1cccc(S(=O)(=O)Cc2nc3cc(N)ccc3o2)c1. The minimum atomic E-state index is -3.48. The number of oxazole rings is 1. The molecule has 5 nitrogen and oxygen atoms in total. The van der Waals surface area contributed by atoms with Crippen molar-refractivity contribution >= 4 is 26.6 Å². The second-order valence-electron chi connectivity index (χ2n) is 4.91. The zero-order chi connectivity index (χ0) is 15.0. The molecule has 0 aliphatic carbocycles. The first kappa shape index (κ1) is 13.6. The highest BCUT2D eigenvalue weighted by Gasteiger charge is 2.19. The maximum absolute atomic E-state index is 12.4. The molecule has 0 atom stereocenters. The van der Waals surface area contributed by atoms with Crippen LogP contribution < -0.4 is 5.73 Å². The van der Waals surface area contributed by atoms with E-state index in [1.54, 1.807) is 36.4 Å². The van der Waals surface area contributed by atoms with Crippen LogP contribution in [0, 0.1) is 6.92 Å². The highest BCUT2D eigenvalue weighted by Crippen LogP contribution is 2.22. The Bertz CT molecular complexity index is 914. The fourth-order valence-electron chi connectivity index (χ4n) is 2.11. The standard InChI is InChI=1S/C15H14N2O3S/c1-10-3-2-4-12(7-10)21(18,19)9-15-17-13-8-11(16)5-6-14(13)20-15/h2-8H,9,16H2,1H3. The van der Waals surface area contributed by atoms with Crippen LogP contribution in [0.25, 0.3) is 11.1 Å².